The van der Waals surface area contributed by atoms with Crippen LogP contribution in [0.3, 0.4) is 0 Å². The third kappa shape index (κ3) is 3.68. The number of allylic oxidation sites excluding steroid dienone is 3. The molecule has 134 valence electrons. The van der Waals surface area contributed by atoms with Crippen molar-refractivity contribution in [3.8, 4) is 5.75 Å². The second-order valence-electron chi connectivity index (χ2n) is 8.42. The van der Waals surface area contributed by atoms with E-state index in [0.29, 0.717) is 11.1 Å². The van der Waals surface area contributed by atoms with E-state index in [2.05, 4.69) is 0 Å². The normalized spacial score (nSPS) is 15.8. The molecular formula is C21H26O4. The van der Waals surface area contributed by atoms with Gasteiger partial charge in [0.05, 0.1) is 7.11 Å². The Hall–Kier alpha value is -2.36. The Morgan fingerprint density at radius 2 is 1.32 bits per heavy atom. The Kier molecular flexibility index (Phi) is 4.69. The minimum absolute atomic E-state index is 0.0413. The van der Waals surface area contributed by atoms with Crippen LogP contribution in [-0.2, 0) is 25.2 Å². The summed E-state index contributed by atoms with van der Waals surface area (Å²) in [7, 11) is 1.37. The largest absolute Gasteiger partial charge is 0.507 e. The first-order chi connectivity index (χ1) is 11.4. The summed E-state index contributed by atoms with van der Waals surface area (Å²) < 4.78 is 4.94. The van der Waals surface area contributed by atoms with Crippen molar-refractivity contribution in [2.24, 2.45) is 0 Å². The summed E-state index contributed by atoms with van der Waals surface area (Å²) in [6.07, 6.45) is 2.53. The van der Waals surface area contributed by atoms with E-state index in [1.165, 1.54) is 19.3 Å². The third-order valence-electron chi connectivity index (χ3n) is 4.30. The molecule has 1 aliphatic carbocycles. The van der Waals surface area contributed by atoms with Crippen molar-refractivity contribution >= 4 is 17.1 Å². The van der Waals surface area contributed by atoms with Crippen LogP contribution in [-0.4, -0.2) is 23.8 Å². The van der Waals surface area contributed by atoms with E-state index >= 15 is 0 Å². The zero-order valence-corrected chi connectivity index (χ0v) is 16.0. The maximum absolute atomic E-state index is 12.5. The second kappa shape index (κ2) is 6.17. The van der Waals surface area contributed by atoms with Gasteiger partial charge >= 0.3 is 0 Å². The highest BCUT2D eigenvalue weighted by Crippen LogP contribution is 2.41. The number of phenols is 1. The van der Waals surface area contributed by atoms with Gasteiger partial charge < -0.3 is 9.84 Å². The lowest BCUT2D eigenvalue weighted by Gasteiger charge is -2.28. The van der Waals surface area contributed by atoms with Gasteiger partial charge in [-0.3, -0.25) is 9.59 Å². The molecule has 0 unspecified atom stereocenters. The average molecular weight is 342 g/mol. The lowest BCUT2D eigenvalue weighted by Crippen LogP contribution is -2.19. The number of carbonyl (C=O) groups is 2. The smallest absolute Gasteiger partial charge is 0.221 e. The molecule has 0 bridgehead atoms. The maximum Gasteiger partial charge on any atom is 0.221 e. The molecule has 0 spiro atoms. The van der Waals surface area contributed by atoms with Crippen molar-refractivity contribution in [3.63, 3.8) is 0 Å². The topological polar surface area (TPSA) is 63.6 Å². The third-order valence-corrected chi connectivity index (χ3v) is 4.30. The lowest BCUT2D eigenvalue weighted by atomic mass is 9.77. The molecule has 1 aliphatic rings. The summed E-state index contributed by atoms with van der Waals surface area (Å²) in [5.74, 6) is -0.326. The Morgan fingerprint density at radius 3 is 1.72 bits per heavy atom. The summed E-state index contributed by atoms with van der Waals surface area (Å²) in [6, 6.07) is 3.60. The summed E-state index contributed by atoms with van der Waals surface area (Å²) in [4.78, 5) is 24.6. The first-order valence-corrected chi connectivity index (χ1v) is 8.30. The summed E-state index contributed by atoms with van der Waals surface area (Å²) >= 11 is 0. The molecule has 1 aromatic rings. The Balaban J connectivity index is 2.72. The predicted octanol–water partition coefficient (Wildman–Crippen LogP) is 4.05. The van der Waals surface area contributed by atoms with Crippen LogP contribution in [0.4, 0.5) is 0 Å². The number of methoxy groups -OCH3 is 1. The number of carbonyl (C=O) groups excluding carboxylic acids is 2. The van der Waals surface area contributed by atoms with Crippen molar-refractivity contribution in [3.05, 3.63) is 46.7 Å². The average Bonchev–Trinajstić information content (AvgIpc) is 2.47. The van der Waals surface area contributed by atoms with Crippen molar-refractivity contribution in [1.82, 2.24) is 0 Å². The van der Waals surface area contributed by atoms with Crippen LogP contribution in [0.2, 0.25) is 0 Å². The second-order valence-corrected chi connectivity index (χ2v) is 8.42. The van der Waals surface area contributed by atoms with Gasteiger partial charge in [-0.15, -0.1) is 0 Å². The minimum atomic E-state index is -0.334. The highest BCUT2D eigenvalue weighted by atomic mass is 16.5. The summed E-state index contributed by atoms with van der Waals surface area (Å²) in [5.41, 5.74) is 1.83. The van der Waals surface area contributed by atoms with Crippen LogP contribution in [0.1, 0.15) is 58.2 Å². The highest BCUT2D eigenvalue weighted by Gasteiger charge is 2.29. The van der Waals surface area contributed by atoms with Crippen LogP contribution in [0.25, 0.3) is 5.57 Å². The van der Waals surface area contributed by atoms with Crippen LogP contribution in [0.5, 0.6) is 5.75 Å². The molecule has 2 rings (SSSR count). The molecule has 1 aromatic carbocycles. The van der Waals surface area contributed by atoms with Gasteiger partial charge in [0.2, 0.25) is 5.78 Å². The Labute approximate surface area is 149 Å². The zero-order chi connectivity index (χ0) is 19.2. The molecule has 0 heterocycles. The number of hydrogen-bond acceptors (Lipinski definition) is 4. The fraction of sp³-hybridized carbons (Fsp3) is 0.429. The molecule has 25 heavy (non-hydrogen) atoms. The molecule has 0 atom stereocenters. The quantitative estimate of drug-likeness (QED) is 0.824. The standard InChI is InChI=1S/C21H26O4/c1-20(2,3)14-8-12(9-15(19(14)24)21(4,5)6)13-10-17(23)18(25-7)11-16(13)22/h8-11,24H,1-7H3. The molecular weight excluding hydrogens is 316 g/mol. The predicted molar refractivity (Wildman–Crippen MR) is 98.6 cm³/mol. The number of ether oxygens (including phenoxy) is 1. The van der Waals surface area contributed by atoms with Crippen molar-refractivity contribution in [1.29, 1.82) is 0 Å². The molecule has 0 aliphatic heterocycles. The number of phenolic OH excluding ortho intramolecular Hbond substituents is 1. The van der Waals surface area contributed by atoms with Gasteiger partial charge in [0.1, 0.15) is 5.75 Å². The first kappa shape index (κ1) is 19.0. The first-order valence-electron chi connectivity index (χ1n) is 8.30. The molecule has 0 radical (unpaired) electrons. The van der Waals surface area contributed by atoms with Gasteiger partial charge in [-0.25, -0.2) is 0 Å². The summed E-state index contributed by atoms with van der Waals surface area (Å²) in [6.45, 7) is 12.0. The zero-order valence-electron chi connectivity index (χ0n) is 16.0. The summed E-state index contributed by atoms with van der Waals surface area (Å²) in [5, 5.41) is 10.8. The van der Waals surface area contributed by atoms with Gasteiger partial charge in [0, 0.05) is 28.9 Å². The van der Waals surface area contributed by atoms with E-state index in [4.69, 9.17) is 4.74 Å². The van der Waals surface area contributed by atoms with Crippen molar-refractivity contribution < 1.29 is 19.4 Å². The number of ketones is 2. The number of hydrogen-bond donors (Lipinski definition) is 1. The van der Waals surface area contributed by atoms with Crippen molar-refractivity contribution in [2.45, 2.75) is 52.4 Å². The Morgan fingerprint density at radius 1 is 0.840 bits per heavy atom. The SMILES string of the molecule is COC1=CC(=O)C(c2cc(C(C)(C)C)c(O)c(C(C)(C)C)c2)=CC1=O. The maximum atomic E-state index is 12.5. The van der Waals surface area contributed by atoms with E-state index < -0.39 is 0 Å². The minimum Gasteiger partial charge on any atom is -0.507 e. The molecule has 1 N–H and O–H groups in total. The number of aromatic hydroxyl groups is 1. The van der Waals surface area contributed by atoms with Crippen LogP contribution < -0.4 is 0 Å². The van der Waals surface area contributed by atoms with Gasteiger partial charge in [0.15, 0.2) is 11.5 Å². The fourth-order valence-corrected chi connectivity index (χ4v) is 2.86. The number of benzene rings is 1. The van der Waals surface area contributed by atoms with E-state index in [-0.39, 0.29) is 33.9 Å². The van der Waals surface area contributed by atoms with E-state index in [1.807, 2.05) is 41.5 Å². The van der Waals surface area contributed by atoms with Gasteiger partial charge in [-0.1, -0.05) is 41.5 Å². The van der Waals surface area contributed by atoms with E-state index in [9.17, 15) is 14.7 Å². The fourth-order valence-electron chi connectivity index (χ4n) is 2.86. The van der Waals surface area contributed by atoms with Crippen molar-refractivity contribution in [2.75, 3.05) is 7.11 Å². The molecule has 0 amide bonds. The highest BCUT2D eigenvalue weighted by molar-refractivity contribution is 6.34. The molecule has 4 heteroatoms. The molecule has 0 saturated carbocycles. The lowest BCUT2D eigenvalue weighted by molar-refractivity contribution is -0.116. The van der Waals surface area contributed by atoms with E-state index in [1.54, 1.807) is 12.1 Å². The molecule has 4 nitrogen and oxygen atoms in total. The molecule has 0 aromatic heterocycles. The monoisotopic (exact) mass is 342 g/mol. The van der Waals surface area contributed by atoms with Gasteiger partial charge in [-0.05, 0) is 28.5 Å². The number of rotatable bonds is 2. The Bertz CT molecular complexity index is 761. The van der Waals surface area contributed by atoms with Crippen LogP contribution >= 0.6 is 0 Å². The van der Waals surface area contributed by atoms with E-state index in [0.717, 1.165) is 11.1 Å². The van der Waals surface area contributed by atoms with Crippen LogP contribution in [0, 0.1) is 0 Å². The van der Waals surface area contributed by atoms with Crippen LogP contribution in [0.15, 0.2) is 30.0 Å². The molecule has 0 saturated heterocycles. The van der Waals surface area contributed by atoms with Gasteiger partial charge in [0.25, 0.3) is 0 Å². The molecule has 0 fully saturated rings. The van der Waals surface area contributed by atoms with Gasteiger partial charge in [-0.2, -0.15) is 0 Å².